The van der Waals surface area contributed by atoms with Crippen LogP contribution in [0.3, 0.4) is 0 Å². The average Bonchev–Trinajstić information content (AvgIpc) is 3.18. The Morgan fingerprint density at radius 3 is 2.58 bits per heavy atom. The molecule has 1 aromatic carbocycles. The second kappa shape index (κ2) is 9.61. The van der Waals surface area contributed by atoms with Crippen molar-refractivity contribution in [2.75, 3.05) is 20.1 Å². The number of fused-ring (bicyclic) bond motifs is 1. The Balaban J connectivity index is 0.00000243. The van der Waals surface area contributed by atoms with E-state index in [1.807, 2.05) is 19.9 Å². The Bertz CT molecular complexity index is 848. The predicted octanol–water partition coefficient (Wildman–Crippen LogP) is 3.34. The second-order valence-electron chi connectivity index (χ2n) is 6.09. The summed E-state index contributed by atoms with van der Waals surface area (Å²) in [5, 5.41) is 12.0. The van der Waals surface area contributed by atoms with E-state index < -0.39 is 0 Å². The number of nitrogens with zero attached hydrogens (tertiary/aromatic N) is 2. The van der Waals surface area contributed by atoms with Gasteiger partial charge in [0.25, 0.3) is 0 Å². The highest BCUT2D eigenvalue weighted by Crippen LogP contribution is 2.17. The van der Waals surface area contributed by atoms with Crippen LogP contribution in [0, 0.1) is 13.8 Å². The average molecular weight is 467 g/mol. The van der Waals surface area contributed by atoms with Crippen molar-refractivity contribution in [3.63, 3.8) is 0 Å². The molecular weight excluding hydrogens is 441 g/mol. The zero-order chi connectivity index (χ0) is 17.6. The van der Waals surface area contributed by atoms with Crippen molar-refractivity contribution in [1.29, 1.82) is 0 Å². The van der Waals surface area contributed by atoms with Crippen molar-refractivity contribution in [3.8, 4) is 0 Å². The van der Waals surface area contributed by atoms with Gasteiger partial charge in [0.2, 0.25) is 0 Å². The molecule has 7 heteroatoms. The number of guanidine groups is 1. The first-order valence-electron chi connectivity index (χ1n) is 8.60. The summed E-state index contributed by atoms with van der Waals surface area (Å²) >= 11 is 0. The van der Waals surface area contributed by atoms with Crippen LogP contribution in [0.1, 0.15) is 22.6 Å². The Morgan fingerprint density at radius 2 is 1.88 bits per heavy atom. The summed E-state index contributed by atoms with van der Waals surface area (Å²) in [6, 6.07) is 8.37. The zero-order valence-electron chi connectivity index (χ0n) is 15.4. The molecule has 0 saturated heterocycles. The van der Waals surface area contributed by atoms with Crippen LogP contribution in [0.2, 0.25) is 0 Å². The van der Waals surface area contributed by atoms with Crippen molar-refractivity contribution in [1.82, 2.24) is 20.8 Å². The first-order chi connectivity index (χ1) is 12.2. The molecule has 0 aliphatic heterocycles. The van der Waals surface area contributed by atoms with Crippen LogP contribution < -0.4 is 10.6 Å². The van der Waals surface area contributed by atoms with Gasteiger partial charge in [-0.2, -0.15) is 0 Å². The molecule has 0 unspecified atom stereocenters. The first-order valence-corrected chi connectivity index (χ1v) is 8.60. The number of rotatable bonds is 6. The predicted molar refractivity (Wildman–Crippen MR) is 116 cm³/mol. The number of H-pyrrole nitrogens is 1. The van der Waals surface area contributed by atoms with Crippen molar-refractivity contribution in [2.24, 2.45) is 4.99 Å². The largest absolute Gasteiger partial charge is 0.361 e. The van der Waals surface area contributed by atoms with Crippen molar-refractivity contribution in [3.05, 3.63) is 53.0 Å². The molecule has 0 spiro atoms. The number of hydrogen-bond acceptors (Lipinski definition) is 3. The summed E-state index contributed by atoms with van der Waals surface area (Å²) in [6.07, 6.45) is 3.89. The molecule has 26 heavy (non-hydrogen) atoms. The lowest BCUT2D eigenvalue weighted by Gasteiger charge is -2.11. The molecule has 0 aliphatic rings. The maximum atomic E-state index is 5.19. The molecule has 0 radical (unpaired) electrons. The lowest BCUT2D eigenvalue weighted by Crippen LogP contribution is -2.39. The number of halogens is 1. The molecule has 6 nitrogen and oxygen atoms in total. The lowest BCUT2D eigenvalue weighted by molar-refractivity contribution is 0.392. The van der Waals surface area contributed by atoms with E-state index in [0.29, 0.717) is 0 Å². The molecule has 0 saturated carbocycles. The number of hydrogen-bond donors (Lipinski definition) is 3. The highest BCUT2D eigenvalue weighted by Gasteiger charge is 2.08. The molecule has 0 amide bonds. The van der Waals surface area contributed by atoms with Crippen LogP contribution in [0.4, 0.5) is 0 Å². The summed E-state index contributed by atoms with van der Waals surface area (Å²) in [6.45, 7) is 5.53. The topological polar surface area (TPSA) is 78.2 Å². The molecule has 3 N–H and O–H groups in total. The number of aliphatic imine (C=N–C) groups is 1. The maximum Gasteiger partial charge on any atom is 0.190 e. The molecule has 3 aromatic rings. The third-order valence-electron chi connectivity index (χ3n) is 4.43. The van der Waals surface area contributed by atoms with Gasteiger partial charge in [0.05, 0.1) is 5.69 Å². The van der Waals surface area contributed by atoms with Crippen LogP contribution in [-0.4, -0.2) is 36.2 Å². The molecular formula is C19H26IN5O. The van der Waals surface area contributed by atoms with E-state index in [1.54, 1.807) is 7.05 Å². The van der Waals surface area contributed by atoms with Gasteiger partial charge < -0.3 is 20.1 Å². The maximum absolute atomic E-state index is 5.19. The fourth-order valence-corrected chi connectivity index (χ4v) is 3.04. The van der Waals surface area contributed by atoms with Crippen molar-refractivity contribution >= 4 is 40.8 Å². The minimum atomic E-state index is 0. The van der Waals surface area contributed by atoms with Crippen LogP contribution in [0.15, 0.2) is 40.0 Å². The molecule has 140 valence electrons. The normalized spacial score (nSPS) is 11.4. The number of aromatic nitrogens is 2. The molecule has 3 rings (SSSR count). The lowest BCUT2D eigenvalue weighted by atomic mass is 10.1. The molecule has 0 aliphatic carbocycles. The Hall–Kier alpha value is -2.03. The van der Waals surface area contributed by atoms with Gasteiger partial charge >= 0.3 is 0 Å². The standard InChI is InChI=1S/C19H25N5O.HI/c1-13-16(14(2)25-24-13)9-11-22-19(20-3)21-10-8-15-12-23-18-7-5-4-6-17(15)18;/h4-7,12,23H,8-11H2,1-3H3,(H2,20,21,22);1H. The van der Waals surface area contributed by atoms with E-state index in [9.17, 15) is 0 Å². The van der Waals surface area contributed by atoms with E-state index in [1.165, 1.54) is 22.0 Å². The summed E-state index contributed by atoms with van der Waals surface area (Å²) in [7, 11) is 1.79. The van der Waals surface area contributed by atoms with Gasteiger partial charge in [-0.1, -0.05) is 23.4 Å². The quantitative estimate of drug-likeness (QED) is 0.295. The van der Waals surface area contributed by atoms with E-state index in [4.69, 9.17) is 4.52 Å². The second-order valence-corrected chi connectivity index (χ2v) is 6.09. The first kappa shape index (κ1) is 20.3. The van der Waals surface area contributed by atoms with E-state index in [-0.39, 0.29) is 24.0 Å². The Labute approximate surface area is 170 Å². The Kier molecular flexibility index (Phi) is 7.50. The van der Waals surface area contributed by atoms with Crippen LogP contribution in [0.5, 0.6) is 0 Å². The van der Waals surface area contributed by atoms with Gasteiger partial charge in [-0.3, -0.25) is 4.99 Å². The van der Waals surface area contributed by atoms with Gasteiger partial charge in [0, 0.05) is 42.8 Å². The van der Waals surface area contributed by atoms with Crippen molar-refractivity contribution in [2.45, 2.75) is 26.7 Å². The van der Waals surface area contributed by atoms with Crippen LogP contribution in [0.25, 0.3) is 10.9 Å². The fourth-order valence-electron chi connectivity index (χ4n) is 3.04. The zero-order valence-corrected chi connectivity index (χ0v) is 17.8. The summed E-state index contributed by atoms with van der Waals surface area (Å²) < 4.78 is 5.19. The smallest absolute Gasteiger partial charge is 0.190 e. The summed E-state index contributed by atoms with van der Waals surface area (Å²) in [5.74, 6) is 1.70. The molecule has 0 atom stereocenters. The SMILES string of the molecule is CN=C(NCCc1c(C)noc1C)NCCc1c[nH]c2ccccc12.I. The van der Waals surface area contributed by atoms with Crippen molar-refractivity contribution < 1.29 is 4.52 Å². The monoisotopic (exact) mass is 467 g/mol. The van der Waals surface area contributed by atoms with Gasteiger partial charge in [-0.15, -0.1) is 24.0 Å². The molecule has 0 fully saturated rings. The van der Waals surface area contributed by atoms with E-state index >= 15 is 0 Å². The third-order valence-corrected chi connectivity index (χ3v) is 4.43. The number of para-hydroxylation sites is 1. The molecule has 2 aromatic heterocycles. The van der Waals surface area contributed by atoms with Crippen LogP contribution in [-0.2, 0) is 12.8 Å². The third kappa shape index (κ3) is 4.78. The molecule has 0 bridgehead atoms. The number of aryl methyl sites for hydroxylation is 2. The highest BCUT2D eigenvalue weighted by atomic mass is 127. The fraction of sp³-hybridized carbons (Fsp3) is 0.368. The highest BCUT2D eigenvalue weighted by molar-refractivity contribution is 14.0. The number of nitrogens with one attached hydrogen (secondary N) is 3. The molecule has 2 heterocycles. The summed E-state index contributed by atoms with van der Waals surface area (Å²) in [5.41, 5.74) is 4.62. The minimum absolute atomic E-state index is 0. The van der Waals surface area contributed by atoms with Gasteiger partial charge in [-0.25, -0.2) is 0 Å². The van der Waals surface area contributed by atoms with Gasteiger partial charge in [0.15, 0.2) is 5.96 Å². The van der Waals surface area contributed by atoms with E-state index in [0.717, 1.165) is 43.3 Å². The Morgan fingerprint density at radius 1 is 1.15 bits per heavy atom. The number of aromatic amines is 1. The van der Waals surface area contributed by atoms with Gasteiger partial charge in [0.1, 0.15) is 5.76 Å². The minimum Gasteiger partial charge on any atom is -0.361 e. The van der Waals surface area contributed by atoms with Crippen LogP contribution >= 0.6 is 24.0 Å². The van der Waals surface area contributed by atoms with Gasteiger partial charge in [-0.05, 0) is 38.3 Å². The number of benzene rings is 1. The van der Waals surface area contributed by atoms with E-state index in [2.05, 4.69) is 50.2 Å². The summed E-state index contributed by atoms with van der Waals surface area (Å²) in [4.78, 5) is 7.59.